The maximum Gasteiger partial charge on any atom is 0.326 e. The van der Waals surface area contributed by atoms with Crippen LogP contribution in [0, 0.1) is 0 Å². The Kier molecular flexibility index (Phi) is 14.8. The first kappa shape index (κ1) is 38.2. The molecule has 1 heterocycles. The smallest absolute Gasteiger partial charge is 0.326 e. The van der Waals surface area contributed by atoms with Crippen LogP contribution in [-0.4, -0.2) is 106 Å². The predicted octanol–water partition coefficient (Wildman–Crippen LogP) is -1.38. The zero-order chi connectivity index (χ0) is 35.9. The number of rotatable bonds is 18. The Morgan fingerprint density at radius 3 is 1.90 bits per heavy atom. The van der Waals surface area contributed by atoms with Gasteiger partial charge in [0.05, 0.1) is 13.1 Å². The van der Waals surface area contributed by atoms with Gasteiger partial charge in [0.15, 0.2) is 0 Å². The number of nitrogens with two attached hydrogens (primary N) is 2. The Hall–Kier alpha value is -5.22. The number of carboxylic acid groups (broad SMARTS) is 1. The van der Waals surface area contributed by atoms with Crippen LogP contribution in [0.2, 0.25) is 0 Å². The summed E-state index contributed by atoms with van der Waals surface area (Å²) < 4.78 is 0. The molecule has 3 rings (SSSR count). The van der Waals surface area contributed by atoms with Gasteiger partial charge in [-0.2, -0.15) is 0 Å². The molecule has 1 saturated heterocycles. The van der Waals surface area contributed by atoms with Crippen LogP contribution in [-0.2, 0) is 41.6 Å². The maximum absolute atomic E-state index is 13.6. The Labute approximate surface area is 283 Å². The van der Waals surface area contributed by atoms with Gasteiger partial charge in [0.1, 0.15) is 35.7 Å². The van der Waals surface area contributed by atoms with E-state index in [2.05, 4.69) is 21.3 Å². The molecule has 1 aliphatic heterocycles. The number of likely N-dealkylation sites (tertiary alicyclic amines) is 1. The monoisotopic (exact) mass is 683 g/mol. The fraction of sp³-hybridized carbons (Fsp3) is 0.455. The number of hydrogen-bond donors (Lipinski definition) is 9. The highest BCUT2D eigenvalue weighted by atomic mass is 16.4. The van der Waals surface area contributed by atoms with Gasteiger partial charge in [-0.15, -0.1) is 0 Å². The second-order valence-electron chi connectivity index (χ2n) is 11.8. The molecule has 0 bridgehead atoms. The van der Waals surface area contributed by atoms with Crippen LogP contribution in [0.1, 0.15) is 43.2 Å². The summed E-state index contributed by atoms with van der Waals surface area (Å²) in [6.07, 6.45) is 2.02. The molecular weight excluding hydrogens is 638 g/mol. The molecule has 0 radical (unpaired) electrons. The predicted molar refractivity (Wildman–Crippen MR) is 177 cm³/mol. The van der Waals surface area contributed by atoms with E-state index >= 15 is 0 Å². The third-order valence-corrected chi connectivity index (χ3v) is 8.05. The van der Waals surface area contributed by atoms with Crippen LogP contribution in [0.3, 0.4) is 0 Å². The second-order valence-corrected chi connectivity index (χ2v) is 11.8. The highest BCUT2D eigenvalue weighted by Crippen LogP contribution is 2.20. The van der Waals surface area contributed by atoms with E-state index in [4.69, 9.17) is 11.5 Å². The van der Waals surface area contributed by atoms with Crippen molar-refractivity contribution in [3.8, 4) is 11.5 Å². The molecule has 5 amide bonds. The van der Waals surface area contributed by atoms with Crippen LogP contribution in [0.4, 0.5) is 0 Å². The van der Waals surface area contributed by atoms with Gasteiger partial charge in [0.2, 0.25) is 29.5 Å². The summed E-state index contributed by atoms with van der Waals surface area (Å²) >= 11 is 0. The van der Waals surface area contributed by atoms with Gasteiger partial charge >= 0.3 is 5.97 Å². The molecule has 0 spiro atoms. The third-order valence-electron chi connectivity index (χ3n) is 8.05. The van der Waals surface area contributed by atoms with Crippen molar-refractivity contribution in [3.05, 3.63) is 59.7 Å². The number of nitrogens with one attached hydrogen (secondary N) is 4. The minimum atomic E-state index is -1.32. The molecule has 4 atom stereocenters. The third kappa shape index (κ3) is 12.1. The van der Waals surface area contributed by atoms with Gasteiger partial charge in [-0.1, -0.05) is 24.3 Å². The zero-order valence-electron chi connectivity index (χ0n) is 27.1. The second kappa shape index (κ2) is 18.9. The largest absolute Gasteiger partial charge is 0.508 e. The highest BCUT2D eigenvalue weighted by molar-refractivity contribution is 5.95. The SMILES string of the molecule is NCCCC[C@H](NC(=O)CNC(=O)[C@@H]1CCCN1C(=O)[C@H](Cc1ccc(O)cc1)NC(=O)CN)C(=O)N[C@@H](Cc1ccc(O)cc1)C(=O)O. The van der Waals surface area contributed by atoms with Crippen molar-refractivity contribution in [1.82, 2.24) is 26.2 Å². The first-order valence-corrected chi connectivity index (χ1v) is 16.1. The number of phenols is 2. The number of carbonyl (C=O) groups excluding carboxylic acids is 5. The molecule has 0 aromatic heterocycles. The summed E-state index contributed by atoms with van der Waals surface area (Å²) in [7, 11) is 0. The number of nitrogens with zero attached hydrogens (tertiary/aromatic N) is 1. The summed E-state index contributed by atoms with van der Waals surface area (Å²) in [5.74, 6) is -4.34. The fourth-order valence-electron chi connectivity index (χ4n) is 5.46. The number of aromatic hydroxyl groups is 2. The first-order chi connectivity index (χ1) is 23.4. The summed E-state index contributed by atoms with van der Waals surface area (Å²) in [6.45, 7) is -0.279. The van der Waals surface area contributed by atoms with Crippen LogP contribution < -0.4 is 32.7 Å². The molecule has 16 nitrogen and oxygen atoms in total. The topological polar surface area (TPSA) is 267 Å². The number of hydrogen-bond acceptors (Lipinski definition) is 10. The molecule has 0 aliphatic carbocycles. The van der Waals surface area contributed by atoms with E-state index in [0.29, 0.717) is 43.4 Å². The zero-order valence-corrected chi connectivity index (χ0v) is 27.1. The number of amides is 5. The van der Waals surface area contributed by atoms with Crippen molar-refractivity contribution in [1.29, 1.82) is 0 Å². The van der Waals surface area contributed by atoms with Crippen LogP contribution >= 0.6 is 0 Å². The van der Waals surface area contributed by atoms with Gasteiger partial charge in [0.25, 0.3) is 0 Å². The quantitative estimate of drug-likeness (QED) is 0.0826. The van der Waals surface area contributed by atoms with Crippen molar-refractivity contribution >= 4 is 35.5 Å². The first-order valence-electron chi connectivity index (χ1n) is 16.1. The Morgan fingerprint density at radius 2 is 1.35 bits per heavy atom. The summed E-state index contributed by atoms with van der Waals surface area (Å²) in [6, 6.07) is 7.60. The van der Waals surface area contributed by atoms with Gasteiger partial charge in [0, 0.05) is 19.4 Å². The van der Waals surface area contributed by atoms with Gasteiger partial charge in [-0.25, -0.2) is 4.79 Å². The molecular formula is C33H45N7O9. The molecule has 16 heteroatoms. The standard InChI is InChI=1S/C33H45N7O9/c34-14-2-1-4-24(30(45)39-26(33(48)49)17-21-8-12-23(42)13-9-21)37-29(44)19-36-31(46)27-5-3-15-40(27)32(47)25(38-28(43)18-35)16-20-6-10-22(41)11-7-20/h6-13,24-27,41-42H,1-5,14-19,34-35H2,(H,36,46)(H,37,44)(H,38,43)(H,39,45)(H,48,49)/t24-,25-,26-,27-/m0/s1. The average molecular weight is 684 g/mol. The molecule has 49 heavy (non-hydrogen) atoms. The lowest BCUT2D eigenvalue weighted by Crippen LogP contribution is -2.56. The number of aliphatic carboxylic acids is 1. The molecule has 0 unspecified atom stereocenters. The fourth-order valence-corrected chi connectivity index (χ4v) is 5.46. The van der Waals surface area contributed by atoms with Crippen LogP contribution in [0.5, 0.6) is 11.5 Å². The highest BCUT2D eigenvalue weighted by Gasteiger charge is 2.38. The molecule has 2 aromatic rings. The molecule has 2 aromatic carbocycles. The lowest BCUT2D eigenvalue weighted by Gasteiger charge is -2.29. The van der Waals surface area contributed by atoms with E-state index in [0.717, 1.165) is 0 Å². The molecule has 266 valence electrons. The molecule has 1 fully saturated rings. The molecule has 11 N–H and O–H groups in total. The van der Waals surface area contributed by atoms with Crippen molar-refractivity contribution in [3.63, 3.8) is 0 Å². The van der Waals surface area contributed by atoms with E-state index in [-0.39, 0.29) is 43.9 Å². The number of phenolic OH excluding ortho intramolecular Hbond substituents is 2. The normalized spacial score (nSPS) is 15.8. The maximum atomic E-state index is 13.6. The number of carboxylic acids is 1. The lowest BCUT2D eigenvalue weighted by atomic mass is 10.0. The van der Waals surface area contributed by atoms with Crippen molar-refractivity contribution in [2.75, 3.05) is 26.2 Å². The van der Waals surface area contributed by atoms with Gasteiger partial charge in [-0.05, 0) is 74.0 Å². The summed E-state index contributed by atoms with van der Waals surface area (Å²) in [5.41, 5.74) is 12.3. The minimum Gasteiger partial charge on any atom is -0.508 e. The average Bonchev–Trinajstić information content (AvgIpc) is 3.58. The van der Waals surface area contributed by atoms with E-state index in [9.17, 15) is 44.1 Å². The lowest BCUT2D eigenvalue weighted by molar-refractivity contribution is -0.142. The van der Waals surface area contributed by atoms with Crippen molar-refractivity contribution < 1.29 is 44.1 Å². The van der Waals surface area contributed by atoms with Crippen LogP contribution in [0.25, 0.3) is 0 Å². The summed E-state index contributed by atoms with van der Waals surface area (Å²) in [4.78, 5) is 78.3. The van der Waals surface area contributed by atoms with E-state index < -0.39 is 66.2 Å². The van der Waals surface area contributed by atoms with Crippen molar-refractivity contribution in [2.24, 2.45) is 11.5 Å². The number of carbonyl (C=O) groups is 6. The van der Waals surface area contributed by atoms with Gasteiger partial charge in [-0.3, -0.25) is 24.0 Å². The van der Waals surface area contributed by atoms with Crippen molar-refractivity contribution in [2.45, 2.75) is 69.1 Å². The van der Waals surface area contributed by atoms with Crippen LogP contribution in [0.15, 0.2) is 48.5 Å². The summed E-state index contributed by atoms with van der Waals surface area (Å²) in [5, 5.41) is 38.9. The number of benzene rings is 2. The van der Waals surface area contributed by atoms with E-state index in [1.165, 1.54) is 41.3 Å². The van der Waals surface area contributed by atoms with E-state index in [1.807, 2.05) is 0 Å². The molecule has 1 aliphatic rings. The number of unbranched alkanes of at least 4 members (excludes halogenated alkanes) is 1. The Balaban J connectivity index is 1.62. The molecule has 0 saturated carbocycles. The Bertz CT molecular complexity index is 1450. The Morgan fingerprint density at radius 1 is 0.776 bits per heavy atom. The van der Waals surface area contributed by atoms with Gasteiger partial charge < -0.3 is 53.0 Å². The van der Waals surface area contributed by atoms with E-state index in [1.54, 1.807) is 12.1 Å². The minimum absolute atomic E-state index is 0.00693.